The Morgan fingerprint density at radius 1 is 1.40 bits per heavy atom. The Hall–Kier alpha value is -2.30. The average molecular weight is 272 g/mol. The van der Waals surface area contributed by atoms with Crippen LogP contribution in [0.2, 0.25) is 0 Å². The van der Waals surface area contributed by atoms with Crippen LogP contribution >= 0.6 is 0 Å². The predicted molar refractivity (Wildman–Crippen MR) is 79.9 cm³/mol. The number of carbonyl (C=O) groups excluding carboxylic acids is 1. The number of aromatic nitrogens is 2. The van der Waals surface area contributed by atoms with E-state index in [2.05, 4.69) is 15.7 Å². The summed E-state index contributed by atoms with van der Waals surface area (Å²) in [6.07, 6.45) is 4.53. The Bertz CT molecular complexity index is 563. The average Bonchev–Trinajstić information content (AvgIpc) is 2.96. The zero-order valence-electron chi connectivity index (χ0n) is 11.9. The van der Waals surface area contributed by atoms with Crippen LogP contribution in [0.25, 0.3) is 0 Å². The van der Waals surface area contributed by atoms with Gasteiger partial charge in [0.2, 0.25) is 0 Å². The summed E-state index contributed by atoms with van der Waals surface area (Å²) in [6, 6.07) is 7.70. The minimum atomic E-state index is -0.0430. The van der Waals surface area contributed by atoms with Crippen LogP contribution in [0.4, 0.5) is 5.69 Å². The number of hydrogen-bond acceptors (Lipinski definition) is 3. The number of rotatable bonds is 6. The molecule has 0 bridgehead atoms. The molecule has 0 spiro atoms. The quantitative estimate of drug-likeness (QED) is 0.791. The first-order valence-corrected chi connectivity index (χ1v) is 6.75. The first-order chi connectivity index (χ1) is 9.70. The standard InChI is InChI=1S/C15H20N4O/c1-12-5-6-14(16-2)13(11-12)15(20)17-7-3-9-19-10-4-8-18-19/h4-6,8,10-11,16H,3,7,9H2,1-2H3,(H,17,20). The summed E-state index contributed by atoms with van der Waals surface area (Å²) in [5.74, 6) is -0.0430. The molecule has 0 aliphatic carbocycles. The molecule has 2 aromatic rings. The van der Waals surface area contributed by atoms with Crippen molar-refractivity contribution in [1.29, 1.82) is 0 Å². The molecule has 5 heteroatoms. The van der Waals surface area contributed by atoms with Crippen molar-refractivity contribution >= 4 is 11.6 Å². The molecule has 1 amide bonds. The molecular formula is C15H20N4O. The van der Waals surface area contributed by atoms with Gasteiger partial charge < -0.3 is 10.6 Å². The van der Waals surface area contributed by atoms with Crippen LogP contribution in [0, 0.1) is 6.92 Å². The summed E-state index contributed by atoms with van der Waals surface area (Å²) in [5, 5.41) is 10.1. The van der Waals surface area contributed by atoms with Gasteiger partial charge in [-0.05, 0) is 31.5 Å². The lowest BCUT2D eigenvalue weighted by atomic mass is 10.1. The van der Waals surface area contributed by atoms with Crippen molar-refractivity contribution in [2.45, 2.75) is 19.9 Å². The first-order valence-electron chi connectivity index (χ1n) is 6.75. The van der Waals surface area contributed by atoms with Gasteiger partial charge in [-0.3, -0.25) is 9.48 Å². The highest BCUT2D eigenvalue weighted by atomic mass is 16.1. The zero-order chi connectivity index (χ0) is 14.4. The van der Waals surface area contributed by atoms with E-state index < -0.39 is 0 Å². The van der Waals surface area contributed by atoms with Crippen LogP contribution in [0.5, 0.6) is 0 Å². The number of benzene rings is 1. The molecule has 0 radical (unpaired) electrons. The Morgan fingerprint density at radius 3 is 2.95 bits per heavy atom. The number of aryl methyl sites for hydroxylation is 2. The third kappa shape index (κ3) is 3.60. The monoisotopic (exact) mass is 272 g/mol. The molecule has 106 valence electrons. The van der Waals surface area contributed by atoms with Crippen molar-refractivity contribution in [3.8, 4) is 0 Å². The Kier molecular flexibility index (Phi) is 4.76. The molecule has 0 unspecified atom stereocenters. The summed E-state index contributed by atoms with van der Waals surface area (Å²) in [5.41, 5.74) is 2.61. The lowest BCUT2D eigenvalue weighted by molar-refractivity contribution is 0.0953. The van der Waals surface area contributed by atoms with Crippen LogP contribution in [0.1, 0.15) is 22.3 Å². The topological polar surface area (TPSA) is 59.0 Å². The maximum absolute atomic E-state index is 12.2. The fourth-order valence-corrected chi connectivity index (χ4v) is 2.03. The fourth-order valence-electron chi connectivity index (χ4n) is 2.03. The van der Waals surface area contributed by atoms with E-state index in [1.807, 2.05) is 49.1 Å². The highest BCUT2D eigenvalue weighted by Crippen LogP contribution is 2.16. The summed E-state index contributed by atoms with van der Waals surface area (Å²) in [7, 11) is 1.82. The lowest BCUT2D eigenvalue weighted by Gasteiger charge is -2.10. The SMILES string of the molecule is CNc1ccc(C)cc1C(=O)NCCCn1cccn1. The molecule has 0 aliphatic heterocycles. The highest BCUT2D eigenvalue weighted by Gasteiger charge is 2.10. The molecule has 0 fully saturated rings. The molecule has 20 heavy (non-hydrogen) atoms. The van der Waals surface area contributed by atoms with Crippen LogP contribution < -0.4 is 10.6 Å². The molecule has 0 saturated heterocycles. The van der Waals surface area contributed by atoms with E-state index in [1.165, 1.54) is 0 Å². The molecule has 0 saturated carbocycles. The Morgan fingerprint density at radius 2 is 2.25 bits per heavy atom. The normalized spacial score (nSPS) is 10.3. The Labute approximate surface area is 119 Å². The first kappa shape index (κ1) is 14.1. The van der Waals surface area contributed by atoms with Crippen LogP contribution in [-0.4, -0.2) is 29.3 Å². The predicted octanol–water partition coefficient (Wildman–Crippen LogP) is 2.05. The highest BCUT2D eigenvalue weighted by molar-refractivity contribution is 5.99. The molecule has 1 aromatic carbocycles. The number of carbonyl (C=O) groups is 1. The maximum Gasteiger partial charge on any atom is 0.253 e. The second kappa shape index (κ2) is 6.75. The van der Waals surface area contributed by atoms with E-state index >= 15 is 0 Å². The number of hydrogen-bond donors (Lipinski definition) is 2. The van der Waals surface area contributed by atoms with Gasteiger partial charge in [0.05, 0.1) is 5.56 Å². The van der Waals surface area contributed by atoms with Crippen LogP contribution in [0.15, 0.2) is 36.7 Å². The molecule has 2 N–H and O–H groups in total. The molecule has 5 nitrogen and oxygen atoms in total. The largest absolute Gasteiger partial charge is 0.387 e. The number of anilines is 1. The van der Waals surface area contributed by atoms with Gasteiger partial charge in [-0.15, -0.1) is 0 Å². The van der Waals surface area contributed by atoms with Gasteiger partial charge in [0.25, 0.3) is 5.91 Å². The molecule has 1 aromatic heterocycles. The van der Waals surface area contributed by atoms with Crippen molar-refractivity contribution in [2.24, 2.45) is 0 Å². The maximum atomic E-state index is 12.2. The lowest BCUT2D eigenvalue weighted by Crippen LogP contribution is -2.26. The van der Waals surface area contributed by atoms with Gasteiger partial charge in [0, 0.05) is 38.2 Å². The van der Waals surface area contributed by atoms with Crippen molar-refractivity contribution < 1.29 is 4.79 Å². The third-order valence-electron chi connectivity index (χ3n) is 3.10. The molecular weight excluding hydrogens is 252 g/mol. The molecule has 0 aliphatic rings. The smallest absolute Gasteiger partial charge is 0.253 e. The second-order valence-electron chi connectivity index (χ2n) is 4.68. The van der Waals surface area contributed by atoms with Gasteiger partial charge in [0.15, 0.2) is 0 Å². The van der Waals surface area contributed by atoms with E-state index in [1.54, 1.807) is 6.20 Å². The van der Waals surface area contributed by atoms with Gasteiger partial charge in [-0.2, -0.15) is 5.10 Å². The van der Waals surface area contributed by atoms with E-state index in [-0.39, 0.29) is 5.91 Å². The second-order valence-corrected chi connectivity index (χ2v) is 4.68. The summed E-state index contributed by atoms with van der Waals surface area (Å²) in [6.45, 7) is 3.42. The summed E-state index contributed by atoms with van der Waals surface area (Å²) < 4.78 is 1.86. The van der Waals surface area contributed by atoms with Crippen LogP contribution in [0.3, 0.4) is 0 Å². The van der Waals surface area contributed by atoms with Gasteiger partial charge >= 0.3 is 0 Å². The van der Waals surface area contributed by atoms with E-state index in [0.29, 0.717) is 12.1 Å². The van der Waals surface area contributed by atoms with E-state index in [9.17, 15) is 4.79 Å². The van der Waals surface area contributed by atoms with Crippen molar-refractivity contribution in [2.75, 3.05) is 18.9 Å². The summed E-state index contributed by atoms with van der Waals surface area (Å²) in [4.78, 5) is 12.2. The van der Waals surface area contributed by atoms with Crippen molar-refractivity contribution in [3.63, 3.8) is 0 Å². The van der Waals surface area contributed by atoms with Crippen molar-refractivity contribution in [1.82, 2.24) is 15.1 Å². The number of nitrogens with one attached hydrogen (secondary N) is 2. The van der Waals surface area contributed by atoms with E-state index in [4.69, 9.17) is 0 Å². The van der Waals surface area contributed by atoms with Gasteiger partial charge in [0.1, 0.15) is 0 Å². The number of nitrogens with zero attached hydrogens (tertiary/aromatic N) is 2. The van der Waals surface area contributed by atoms with Crippen molar-refractivity contribution in [3.05, 3.63) is 47.8 Å². The molecule has 1 heterocycles. The third-order valence-corrected chi connectivity index (χ3v) is 3.10. The van der Waals surface area contributed by atoms with Gasteiger partial charge in [-0.25, -0.2) is 0 Å². The minimum absolute atomic E-state index is 0.0430. The van der Waals surface area contributed by atoms with Gasteiger partial charge in [-0.1, -0.05) is 11.6 Å². The van der Waals surface area contributed by atoms with E-state index in [0.717, 1.165) is 24.2 Å². The zero-order valence-corrected chi connectivity index (χ0v) is 11.9. The summed E-state index contributed by atoms with van der Waals surface area (Å²) >= 11 is 0. The van der Waals surface area contributed by atoms with Crippen LogP contribution in [-0.2, 0) is 6.54 Å². The fraction of sp³-hybridized carbons (Fsp3) is 0.333. The minimum Gasteiger partial charge on any atom is -0.387 e. The molecule has 0 atom stereocenters. The Balaban J connectivity index is 1.87. The number of amides is 1. The molecule has 2 rings (SSSR count).